The fourth-order valence-corrected chi connectivity index (χ4v) is 2.24. The third kappa shape index (κ3) is 2.57. The van der Waals surface area contributed by atoms with Gasteiger partial charge in [0.05, 0.1) is 11.4 Å². The maximum atomic E-state index is 9.97. The first kappa shape index (κ1) is 13.1. The molecule has 2 rings (SSSR count). The summed E-state index contributed by atoms with van der Waals surface area (Å²) in [6.07, 6.45) is 0.384. The second-order valence-electron chi connectivity index (χ2n) is 4.90. The Morgan fingerprint density at radius 3 is 1.53 bits per heavy atom. The van der Waals surface area contributed by atoms with Gasteiger partial charge in [0.25, 0.3) is 0 Å². The predicted octanol–water partition coefficient (Wildman–Crippen LogP) is 2.47. The summed E-state index contributed by atoms with van der Waals surface area (Å²) in [5.74, 6) is 0.121. The summed E-state index contributed by atoms with van der Waals surface area (Å²) in [5, 5.41) is 19.9. The monoisotopic (exact) mass is 258 g/mol. The van der Waals surface area contributed by atoms with Crippen LogP contribution in [0.25, 0.3) is 0 Å². The Kier molecular flexibility index (Phi) is 3.25. The van der Waals surface area contributed by atoms with Crippen molar-refractivity contribution in [2.24, 2.45) is 0 Å². The van der Waals surface area contributed by atoms with Crippen LogP contribution in [-0.2, 0) is 6.42 Å². The molecular formula is C15H18N2O2. The van der Waals surface area contributed by atoms with Crippen LogP contribution < -0.4 is 11.5 Å². The first-order chi connectivity index (χ1) is 8.88. The van der Waals surface area contributed by atoms with E-state index in [-0.39, 0.29) is 11.5 Å². The lowest BCUT2D eigenvalue weighted by Crippen LogP contribution is -1.97. The van der Waals surface area contributed by atoms with Crippen molar-refractivity contribution in [1.82, 2.24) is 0 Å². The molecule has 100 valence electrons. The molecule has 0 aliphatic carbocycles. The Labute approximate surface area is 112 Å². The summed E-state index contributed by atoms with van der Waals surface area (Å²) in [6, 6.07) is 7.12. The number of nitrogen functional groups attached to an aromatic ring is 2. The van der Waals surface area contributed by atoms with Crippen LogP contribution in [0.4, 0.5) is 11.4 Å². The highest BCUT2D eigenvalue weighted by Crippen LogP contribution is 2.33. The smallest absolute Gasteiger partial charge is 0.142 e. The van der Waals surface area contributed by atoms with Gasteiger partial charge in [0.1, 0.15) is 11.5 Å². The minimum Gasteiger partial charge on any atom is -0.505 e. The third-order valence-corrected chi connectivity index (χ3v) is 3.11. The molecule has 0 radical (unpaired) electrons. The first-order valence-electron chi connectivity index (χ1n) is 6.04. The highest BCUT2D eigenvalue weighted by molar-refractivity contribution is 5.62. The van der Waals surface area contributed by atoms with Crippen LogP contribution in [0.15, 0.2) is 24.3 Å². The average Bonchev–Trinajstić information content (AvgIpc) is 2.31. The predicted molar refractivity (Wildman–Crippen MR) is 77.3 cm³/mol. The van der Waals surface area contributed by atoms with Gasteiger partial charge in [-0.05, 0) is 37.1 Å². The van der Waals surface area contributed by atoms with Crippen LogP contribution in [0.1, 0.15) is 22.3 Å². The molecule has 0 aromatic heterocycles. The lowest BCUT2D eigenvalue weighted by molar-refractivity contribution is 0.465. The SMILES string of the molecule is Cc1cc(N)c(O)c(Cc2cc(C)cc(N)c2O)c1. The van der Waals surface area contributed by atoms with Crippen molar-refractivity contribution in [3.8, 4) is 11.5 Å². The van der Waals surface area contributed by atoms with Crippen molar-refractivity contribution in [2.45, 2.75) is 20.3 Å². The Hall–Kier alpha value is -2.36. The van der Waals surface area contributed by atoms with Gasteiger partial charge in [-0.2, -0.15) is 0 Å². The van der Waals surface area contributed by atoms with Crippen LogP contribution >= 0.6 is 0 Å². The van der Waals surface area contributed by atoms with E-state index < -0.39 is 0 Å². The molecule has 0 unspecified atom stereocenters. The summed E-state index contributed by atoms with van der Waals surface area (Å²) >= 11 is 0. The Morgan fingerprint density at radius 1 is 0.789 bits per heavy atom. The van der Waals surface area contributed by atoms with E-state index in [1.807, 2.05) is 26.0 Å². The zero-order valence-electron chi connectivity index (χ0n) is 11.1. The average molecular weight is 258 g/mol. The van der Waals surface area contributed by atoms with Crippen LogP contribution in [0, 0.1) is 13.8 Å². The Morgan fingerprint density at radius 2 is 1.16 bits per heavy atom. The molecule has 0 atom stereocenters. The van der Waals surface area contributed by atoms with Gasteiger partial charge in [-0.1, -0.05) is 12.1 Å². The molecule has 0 saturated carbocycles. The number of rotatable bonds is 2. The number of aryl methyl sites for hydroxylation is 2. The van der Waals surface area contributed by atoms with Gasteiger partial charge in [-0.3, -0.25) is 0 Å². The fourth-order valence-electron chi connectivity index (χ4n) is 2.24. The third-order valence-electron chi connectivity index (χ3n) is 3.11. The van der Waals surface area contributed by atoms with E-state index in [0.29, 0.717) is 28.9 Å². The van der Waals surface area contributed by atoms with Crippen LogP contribution in [0.3, 0.4) is 0 Å². The summed E-state index contributed by atoms with van der Waals surface area (Å²) in [7, 11) is 0. The summed E-state index contributed by atoms with van der Waals surface area (Å²) in [4.78, 5) is 0. The minimum absolute atomic E-state index is 0.0603. The molecule has 19 heavy (non-hydrogen) atoms. The van der Waals surface area contributed by atoms with Gasteiger partial charge in [0.2, 0.25) is 0 Å². The molecule has 0 saturated heterocycles. The fraction of sp³-hybridized carbons (Fsp3) is 0.200. The maximum Gasteiger partial charge on any atom is 0.142 e. The number of hydrogen-bond acceptors (Lipinski definition) is 4. The van der Waals surface area contributed by atoms with E-state index in [1.54, 1.807) is 12.1 Å². The van der Waals surface area contributed by atoms with Crippen molar-refractivity contribution >= 4 is 11.4 Å². The van der Waals surface area contributed by atoms with E-state index in [1.165, 1.54) is 0 Å². The zero-order valence-corrected chi connectivity index (χ0v) is 11.1. The molecule has 4 heteroatoms. The molecule has 6 N–H and O–H groups in total. The van der Waals surface area contributed by atoms with Crippen molar-refractivity contribution in [3.63, 3.8) is 0 Å². The van der Waals surface area contributed by atoms with Crippen LogP contribution in [-0.4, -0.2) is 10.2 Å². The second-order valence-corrected chi connectivity index (χ2v) is 4.90. The number of nitrogens with two attached hydrogens (primary N) is 2. The van der Waals surface area contributed by atoms with E-state index in [0.717, 1.165) is 11.1 Å². The zero-order chi connectivity index (χ0) is 14.2. The molecular weight excluding hydrogens is 240 g/mol. The van der Waals surface area contributed by atoms with Gasteiger partial charge in [0.15, 0.2) is 0 Å². The van der Waals surface area contributed by atoms with Gasteiger partial charge >= 0.3 is 0 Å². The normalized spacial score (nSPS) is 10.6. The summed E-state index contributed by atoms with van der Waals surface area (Å²) in [6.45, 7) is 3.81. The van der Waals surface area contributed by atoms with Crippen molar-refractivity contribution in [2.75, 3.05) is 11.5 Å². The molecule has 2 aromatic carbocycles. The van der Waals surface area contributed by atoms with Gasteiger partial charge in [-0.25, -0.2) is 0 Å². The van der Waals surface area contributed by atoms with Crippen LogP contribution in [0.5, 0.6) is 11.5 Å². The number of hydrogen-bond donors (Lipinski definition) is 4. The van der Waals surface area contributed by atoms with E-state index in [4.69, 9.17) is 11.5 Å². The molecule has 0 fully saturated rings. The maximum absolute atomic E-state index is 9.97. The molecule has 0 amide bonds. The summed E-state index contributed by atoms with van der Waals surface area (Å²) < 4.78 is 0. The topological polar surface area (TPSA) is 92.5 Å². The minimum atomic E-state index is 0.0603. The molecule has 0 aliphatic rings. The Balaban J connectivity index is 2.47. The quantitative estimate of drug-likeness (QED) is 0.492. The number of anilines is 2. The standard InChI is InChI=1S/C15H18N2O2/c1-8-3-10(14(18)12(16)5-8)7-11-4-9(2)6-13(17)15(11)19/h3-6,18-19H,7,16-17H2,1-2H3. The van der Waals surface area contributed by atoms with E-state index in [9.17, 15) is 10.2 Å². The van der Waals surface area contributed by atoms with Gasteiger partial charge < -0.3 is 21.7 Å². The number of aromatic hydroxyl groups is 2. The molecule has 0 heterocycles. The molecule has 0 aliphatic heterocycles. The molecule has 4 nitrogen and oxygen atoms in total. The molecule has 0 spiro atoms. The van der Waals surface area contributed by atoms with E-state index >= 15 is 0 Å². The number of benzene rings is 2. The van der Waals surface area contributed by atoms with Gasteiger partial charge in [-0.15, -0.1) is 0 Å². The van der Waals surface area contributed by atoms with Crippen molar-refractivity contribution < 1.29 is 10.2 Å². The Bertz CT molecular complexity index is 581. The van der Waals surface area contributed by atoms with Gasteiger partial charge in [0, 0.05) is 17.5 Å². The highest BCUT2D eigenvalue weighted by atomic mass is 16.3. The van der Waals surface area contributed by atoms with E-state index in [2.05, 4.69) is 0 Å². The van der Waals surface area contributed by atoms with Crippen molar-refractivity contribution in [1.29, 1.82) is 0 Å². The molecule has 0 bridgehead atoms. The highest BCUT2D eigenvalue weighted by Gasteiger charge is 2.12. The first-order valence-corrected chi connectivity index (χ1v) is 6.04. The summed E-state index contributed by atoms with van der Waals surface area (Å²) in [5.41, 5.74) is 15.4. The second kappa shape index (κ2) is 4.72. The number of phenolic OH excluding ortho intramolecular Hbond substituents is 2. The largest absolute Gasteiger partial charge is 0.505 e. The lowest BCUT2D eigenvalue weighted by atomic mass is 9.98. The molecule has 2 aromatic rings. The van der Waals surface area contributed by atoms with Crippen LogP contribution in [0.2, 0.25) is 0 Å². The van der Waals surface area contributed by atoms with Crippen molar-refractivity contribution in [3.05, 3.63) is 46.5 Å². The lowest BCUT2D eigenvalue weighted by Gasteiger charge is -2.12. The number of phenols is 2.